The highest BCUT2D eigenvalue weighted by Gasteiger charge is 2.16. The molecule has 6 heteroatoms. The molecule has 2 aromatic rings. The molecular formula is C19H22N2O4. The van der Waals surface area contributed by atoms with E-state index in [1.54, 1.807) is 37.3 Å². The number of para-hydroxylation sites is 3. The van der Waals surface area contributed by atoms with Gasteiger partial charge in [0.1, 0.15) is 6.04 Å². The van der Waals surface area contributed by atoms with Crippen molar-refractivity contribution in [3.8, 4) is 11.5 Å². The fraction of sp³-hybridized carbons (Fsp3) is 0.263. The normalized spacial score (nSPS) is 11.3. The summed E-state index contributed by atoms with van der Waals surface area (Å²) in [6.07, 6.45) is 0. The van der Waals surface area contributed by atoms with Crippen LogP contribution in [0.1, 0.15) is 13.8 Å². The molecule has 1 unspecified atom stereocenters. The van der Waals surface area contributed by atoms with Gasteiger partial charge in [0.2, 0.25) is 5.91 Å². The molecule has 1 atom stereocenters. The lowest BCUT2D eigenvalue weighted by molar-refractivity contribution is -0.127. The smallest absolute Gasteiger partial charge is 0.258 e. The maximum absolute atomic E-state index is 12.1. The van der Waals surface area contributed by atoms with Crippen molar-refractivity contribution in [1.29, 1.82) is 0 Å². The average Bonchev–Trinajstić information content (AvgIpc) is 2.62. The standard InChI is InChI=1S/C19H22N2O4/c1-3-24-16-11-7-8-12-17(16)25-13-18(22)20-14(2)19(23)21-15-9-5-4-6-10-15/h4-12,14H,3,13H2,1-2H3,(H,20,22)(H,21,23). The van der Waals surface area contributed by atoms with Crippen molar-refractivity contribution in [3.63, 3.8) is 0 Å². The first kappa shape index (κ1) is 18.3. The highest BCUT2D eigenvalue weighted by atomic mass is 16.5. The molecule has 0 heterocycles. The quantitative estimate of drug-likeness (QED) is 0.773. The van der Waals surface area contributed by atoms with Crippen LogP contribution in [0.5, 0.6) is 11.5 Å². The zero-order chi connectivity index (χ0) is 18.1. The van der Waals surface area contributed by atoms with Crippen molar-refractivity contribution in [2.75, 3.05) is 18.5 Å². The lowest BCUT2D eigenvalue weighted by Crippen LogP contribution is -2.43. The number of amides is 2. The monoisotopic (exact) mass is 342 g/mol. The number of benzene rings is 2. The van der Waals surface area contributed by atoms with Gasteiger partial charge in [-0.2, -0.15) is 0 Å². The molecular weight excluding hydrogens is 320 g/mol. The third-order valence-electron chi connectivity index (χ3n) is 3.32. The minimum Gasteiger partial charge on any atom is -0.490 e. The fourth-order valence-corrected chi connectivity index (χ4v) is 2.11. The Labute approximate surface area is 147 Å². The summed E-state index contributed by atoms with van der Waals surface area (Å²) in [5, 5.41) is 5.34. The number of nitrogens with one attached hydrogen (secondary N) is 2. The van der Waals surface area contributed by atoms with E-state index < -0.39 is 6.04 Å². The van der Waals surface area contributed by atoms with Crippen LogP contribution in [0.4, 0.5) is 5.69 Å². The summed E-state index contributed by atoms with van der Waals surface area (Å²) in [6, 6.07) is 15.5. The highest BCUT2D eigenvalue weighted by Crippen LogP contribution is 2.26. The summed E-state index contributed by atoms with van der Waals surface area (Å²) in [7, 11) is 0. The molecule has 132 valence electrons. The average molecular weight is 342 g/mol. The second-order valence-corrected chi connectivity index (χ2v) is 5.31. The van der Waals surface area contributed by atoms with E-state index in [4.69, 9.17) is 9.47 Å². The van der Waals surface area contributed by atoms with E-state index in [9.17, 15) is 9.59 Å². The Morgan fingerprint density at radius 3 is 2.20 bits per heavy atom. The number of carbonyl (C=O) groups is 2. The number of carbonyl (C=O) groups excluding carboxylic acids is 2. The minimum atomic E-state index is -0.682. The number of ether oxygens (including phenoxy) is 2. The third kappa shape index (κ3) is 5.84. The molecule has 2 rings (SSSR count). The molecule has 2 amide bonds. The van der Waals surface area contributed by atoms with Crippen molar-refractivity contribution >= 4 is 17.5 Å². The number of hydrogen-bond acceptors (Lipinski definition) is 4. The van der Waals surface area contributed by atoms with Crippen LogP contribution in [-0.4, -0.2) is 31.1 Å². The van der Waals surface area contributed by atoms with Crippen LogP contribution >= 0.6 is 0 Å². The Bertz CT molecular complexity index is 704. The van der Waals surface area contributed by atoms with Crippen LogP contribution < -0.4 is 20.1 Å². The molecule has 0 aliphatic rings. The maximum Gasteiger partial charge on any atom is 0.258 e. The zero-order valence-corrected chi connectivity index (χ0v) is 14.3. The lowest BCUT2D eigenvalue weighted by Gasteiger charge is -2.15. The second-order valence-electron chi connectivity index (χ2n) is 5.31. The Kier molecular flexibility index (Phi) is 6.83. The Morgan fingerprint density at radius 2 is 1.56 bits per heavy atom. The van der Waals surface area contributed by atoms with Gasteiger partial charge in [0.05, 0.1) is 6.61 Å². The topological polar surface area (TPSA) is 76.7 Å². The van der Waals surface area contributed by atoms with E-state index in [1.807, 2.05) is 31.2 Å². The molecule has 0 radical (unpaired) electrons. The predicted molar refractivity (Wildman–Crippen MR) is 95.8 cm³/mol. The second kappa shape index (κ2) is 9.32. The number of hydrogen-bond donors (Lipinski definition) is 2. The van der Waals surface area contributed by atoms with Gasteiger partial charge in [-0.05, 0) is 38.1 Å². The van der Waals surface area contributed by atoms with Crippen LogP contribution in [-0.2, 0) is 9.59 Å². The number of anilines is 1. The van der Waals surface area contributed by atoms with Crippen LogP contribution in [0.15, 0.2) is 54.6 Å². The summed E-state index contributed by atoms with van der Waals surface area (Å²) in [4.78, 5) is 24.1. The van der Waals surface area contributed by atoms with Gasteiger partial charge < -0.3 is 20.1 Å². The van der Waals surface area contributed by atoms with Crippen molar-refractivity contribution in [1.82, 2.24) is 5.32 Å². The molecule has 0 bridgehead atoms. The zero-order valence-electron chi connectivity index (χ0n) is 14.3. The molecule has 0 aliphatic carbocycles. The highest BCUT2D eigenvalue weighted by molar-refractivity contribution is 5.97. The van der Waals surface area contributed by atoms with E-state index >= 15 is 0 Å². The van der Waals surface area contributed by atoms with Gasteiger partial charge in [-0.3, -0.25) is 9.59 Å². The molecule has 0 saturated carbocycles. The van der Waals surface area contributed by atoms with E-state index in [0.717, 1.165) is 0 Å². The van der Waals surface area contributed by atoms with E-state index in [1.165, 1.54) is 0 Å². The molecule has 2 aromatic carbocycles. The van der Waals surface area contributed by atoms with Crippen LogP contribution in [0.2, 0.25) is 0 Å². The molecule has 0 saturated heterocycles. The lowest BCUT2D eigenvalue weighted by atomic mass is 10.2. The predicted octanol–water partition coefficient (Wildman–Crippen LogP) is 2.61. The molecule has 6 nitrogen and oxygen atoms in total. The first-order valence-electron chi connectivity index (χ1n) is 8.10. The molecule has 0 fully saturated rings. The summed E-state index contributed by atoms with van der Waals surface area (Å²) in [5.74, 6) is 0.379. The largest absolute Gasteiger partial charge is 0.490 e. The molecule has 0 aliphatic heterocycles. The van der Waals surface area contributed by atoms with E-state index in [0.29, 0.717) is 23.8 Å². The van der Waals surface area contributed by atoms with Crippen LogP contribution in [0, 0.1) is 0 Å². The first-order chi connectivity index (χ1) is 12.1. The van der Waals surface area contributed by atoms with Crippen molar-refractivity contribution in [3.05, 3.63) is 54.6 Å². The van der Waals surface area contributed by atoms with Crippen molar-refractivity contribution in [2.45, 2.75) is 19.9 Å². The summed E-state index contributed by atoms with van der Waals surface area (Å²) in [6.45, 7) is 3.79. The Morgan fingerprint density at radius 1 is 0.960 bits per heavy atom. The van der Waals surface area contributed by atoms with E-state index in [-0.39, 0.29) is 18.4 Å². The summed E-state index contributed by atoms with van der Waals surface area (Å²) >= 11 is 0. The van der Waals surface area contributed by atoms with E-state index in [2.05, 4.69) is 10.6 Å². The van der Waals surface area contributed by atoms with Gasteiger partial charge >= 0.3 is 0 Å². The van der Waals surface area contributed by atoms with Crippen molar-refractivity contribution < 1.29 is 19.1 Å². The minimum absolute atomic E-state index is 0.201. The third-order valence-corrected chi connectivity index (χ3v) is 3.32. The fourth-order valence-electron chi connectivity index (χ4n) is 2.11. The Balaban J connectivity index is 1.82. The van der Waals surface area contributed by atoms with Crippen molar-refractivity contribution in [2.24, 2.45) is 0 Å². The molecule has 0 spiro atoms. The van der Waals surface area contributed by atoms with Gasteiger partial charge in [0, 0.05) is 5.69 Å². The maximum atomic E-state index is 12.1. The van der Waals surface area contributed by atoms with Gasteiger partial charge in [-0.1, -0.05) is 30.3 Å². The SMILES string of the molecule is CCOc1ccccc1OCC(=O)NC(C)C(=O)Nc1ccccc1. The van der Waals surface area contributed by atoms with Crippen LogP contribution in [0.25, 0.3) is 0 Å². The van der Waals surface area contributed by atoms with Crippen LogP contribution in [0.3, 0.4) is 0 Å². The van der Waals surface area contributed by atoms with Gasteiger partial charge in [-0.15, -0.1) is 0 Å². The molecule has 25 heavy (non-hydrogen) atoms. The first-order valence-corrected chi connectivity index (χ1v) is 8.10. The molecule has 2 N–H and O–H groups in total. The molecule has 0 aromatic heterocycles. The van der Waals surface area contributed by atoms with Gasteiger partial charge in [0.25, 0.3) is 5.91 Å². The summed E-state index contributed by atoms with van der Waals surface area (Å²) < 4.78 is 10.9. The number of rotatable bonds is 8. The summed E-state index contributed by atoms with van der Waals surface area (Å²) in [5.41, 5.74) is 0.676. The van der Waals surface area contributed by atoms with Gasteiger partial charge in [-0.25, -0.2) is 0 Å². The van der Waals surface area contributed by atoms with Gasteiger partial charge in [0.15, 0.2) is 18.1 Å². The Hall–Kier alpha value is -3.02.